The van der Waals surface area contributed by atoms with Crippen LogP contribution in [0.25, 0.3) is 0 Å². The fourth-order valence-electron chi connectivity index (χ4n) is 2.33. The Morgan fingerprint density at radius 1 is 1.25 bits per heavy atom. The van der Waals surface area contributed by atoms with E-state index in [-0.39, 0.29) is 6.04 Å². The van der Waals surface area contributed by atoms with Gasteiger partial charge in [-0.3, -0.25) is 4.90 Å². The van der Waals surface area contributed by atoms with E-state index in [2.05, 4.69) is 18.7 Å². The Labute approximate surface area is 122 Å². The first-order valence-electron chi connectivity index (χ1n) is 7.26. The average Bonchev–Trinajstić information content (AvgIpc) is 2.45. The van der Waals surface area contributed by atoms with Crippen LogP contribution in [0, 0.1) is 0 Å². The van der Waals surface area contributed by atoms with Crippen molar-refractivity contribution < 1.29 is 14.6 Å². The number of hydrogen-bond acceptors (Lipinski definition) is 4. The summed E-state index contributed by atoms with van der Waals surface area (Å²) >= 11 is 0. The van der Waals surface area contributed by atoms with Crippen LogP contribution in [0.1, 0.15) is 32.4 Å². The lowest BCUT2D eigenvalue weighted by atomic mass is 10.1. The van der Waals surface area contributed by atoms with Crippen molar-refractivity contribution in [3.8, 4) is 5.75 Å². The molecule has 0 radical (unpaired) electrons. The van der Waals surface area contributed by atoms with Crippen LogP contribution in [0.4, 0.5) is 0 Å². The maximum atomic E-state index is 10.5. The second-order valence-electron chi connectivity index (χ2n) is 4.88. The summed E-state index contributed by atoms with van der Waals surface area (Å²) in [6, 6.07) is 7.95. The lowest BCUT2D eigenvalue weighted by Crippen LogP contribution is -2.39. The van der Waals surface area contributed by atoms with Gasteiger partial charge in [-0.2, -0.15) is 0 Å². The van der Waals surface area contributed by atoms with Crippen LogP contribution < -0.4 is 4.74 Å². The number of likely N-dealkylation sites (N-methyl/N-ethyl adjacent to an activating group) is 1. The number of benzene rings is 1. The minimum atomic E-state index is -0.558. The fourth-order valence-corrected chi connectivity index (χ4v) is 2.33. The molecule has 0 saturated carbocycles. The normalized spacial score (nSPS) is 14.3. The molecular weight excluding hydrogens is 254 g/mol. The molecule has 2 atom stereocenters. The number of aliphatic hydroxyl groups is 1. The third-order valence-corrected chi connectivity index (χ3v) is 3.42. The van der Waals surface area contributed by atoms with Gasteiger partial charge in [0.2, 0.25) is 0 Å². The molecule has 0 fully saturated rings. The van der Waals surface area contributed by atoms with Gasteiger partial charge in [0.15, 0.2) is 0 Å². The Morgan fingerprint density at radius 2 is 1.95 bits per heavy atom. The largest absolute Gasteiger partial charge is 0.493 e. The molecule has 0 aromatic heterocycles. The second-order valence-corrected chi connectivity index (χ2v) is 4.88. The van der Waals surface area contributed by atoms with Crippen LogP contribution in [0.3, 0.4) is 0 Å². The van der Waals surface area contributed by atoms with Crippen molar-refractivity contribution in [1.82, 2.24) is 4.90 Å². The zero-order chi connectivity index (χ0) is 15.0. The monoisotopic (exact) mass is 281 g/mol. The molecule has 0 aliphatic rings. The van der Waals surface area contributed by atoms with Crippen molar-refractivity contribution in [3.63, 3.8) is 0 Å². The quantitative estimate of drug-likeness (QED) is 0.755. The Hall–Kier alpha value is -1.10. The number of nitrogens with zero attached hydrogens (tertiary/aromatic N) is 1. The third-order valence-electron chi connectivity index (χ3n) is 3.42. The number of ether oxygens (including phenoxy) is 2. The predicted octanol–water partition coefficient (Wildman–Crippen LogP) is 2.48. The van der Waals surface area contributed by atoms with Crippen molar-refractivity contribution in [2.75, 3.05) is 33.4 Å². The SMILES string of the molecule is CCOc1ccccc1C(O)CN(CC)C(C)COC. The molecule has 0 aliphatic carbocycles. The van der Waals surface area contributed by atoms with E-state index in [0.29, 0.717) is 19.8 Å². The summed E-state index contributed by atoms with van der Waals surface area (Å²) in [7, 11) is 1.70. The number of methoxy groups -OCH3 is 1. The molecule has 4 nitrogen and oxygen atoms in total. The summed E-state index contributed by atoms with van der Waals surface area (Å²) in [6.45, 7) is 8.85. The average molecular weight is 281 g/mol. The van der Waals surface area contributed by atoms with Gasteiger partial charge in [0.05, 0.1) is 19.3 Å². The van der Waals surface area contributed by atoms with Crippen molar-refractivity contribution in [3.05, 3.63) is 29.8 Å². The predicted molar refractivity (Wildman–Crippen MR) is 81.2 cm³/mol. The molecular formula is C16H27NO3. The van der Waals surface area contributed by atoms with Gasteiger partial charge in [-0.25, -0.2) is 0 Å². The van der Waals surface area contributed by atoms with Gasteiger partial charge in [0.25, 0.3) is 0 Å². The van der Waals surface area contributed by atoms with E-state index < -0.39 is 6.10 Å². The lowest BCUT2D eigenvalue weighted by Gasteiger charge is -2.29. The molecule has 2 unspecified atom stereocenters. The summed E-state index contributed by atoms with van der Waals surface area (Å²) in [5.74, 6) is 0.762. The van der Waals surface area contributed by atoms with Crippen LogP contribution in [-0.2, 0) is 4.74 Å². The van der Waals surface area contributed by atoms with Crippen LogP contribution in [0.5, 0.6) is 5.75 Å². The van der Waals surface area contributed by atoms with E-state index in [0.717, 1.165) is 17.9 Å². The molecule has 0 aliphatic heterocycles. The summed E-state index contributed by atoms with van der Waals surface area (Å²) < 4.78 is 10.8. The van der Waals surface area contributed by atoms with Gasteiger partial charge in [-0.1, -0.05) is 25.1 Å². The zero-order valence-corrected chi connectivity index (χ0v) is 13.0. The molecule has 1 aromatic carbocycles. The molecule has 4 heteroatoms. The minimum Gasteiger partial charge on any atom is -0.493 e. The van der Waals surface area contributed by atoms with Crippen LogP contribution in [0.15, 0.2) is 24.3 Å². The van der Waals surface area contributed by atoms with Crippen molar-refractivity contribution in [1.29, 1.82) is 0 Å². The fraction of sp³-hybridized carbons (Fsp3) is 0.625. The molecule has 0 amide bonds. The molecule has 20 heavy (non-hydrogen) atoms. The highest BCUT2D eigenvalue weighted by Gasteiger charge is 2.19. The van der Waals surface area contributed by atoms with Crippen LogP contribution in [-0.4, -0.2) is 49.5 Å². The minimum absolute atomic E-state index is 0.277. The topological polar surface area (TPSA) is 41.9 Å². The van der Waals surface area contributed by atoms with Gasteiger partial charge in [0, 0.05) is 25.3 Å². The number of hydrogen-bond donors (Lipinski definition) is 1. The van der Waals surface area contributed by atoms with Crippen LogP contribution in [0.2, 0.25) is 0 Å². The number of para-hydroxylation sites is 1. The highest BCUT2D eigenvalue weighted by molar-refractivity contribution is 5.35. The Bertz CT molecular complexity index is 384. The Balaban J connectivity index is 2.76. The van der Waals surface area contributed by atoms with E-state index in [1.54, 1.807) is 7.11 Å². The highest BCUT2D eigenvalue weighted by atomic mass is 16.5. The zero-order valence-electron chi connectivity index (χ0n) is 13.0. The summed E-state index contributed by atoms with van der Waals surface area (Å²) in [5.41, 5.74) is 0.845. The van der Waals surface area contributed by atoms with Gasteiger partial charge in [0.1, 0.15) is 5.75 Å². The van der Waals surface area contributed by atoms with Gasteiger partial charge >= 0.3 is 0 Å². The highest BCUT2D eigenvalue weighted by Crippen LogP contribution is 2.26. The maximum absolute atomic E-state index is 10.5. The second kappa shape index (κ2) is 8.95. The van der Waals surface area contributed by atoms with Crippen molar-refractivity contribution in [2.45, 2.75) is 32.9 Å². The van der Waals surface area contributed by atoms with Gasteiger partial charge < -0.3 is 14.6 Å². The van der Waals surface area contributed by atoms with Crippen LogP contribution >= 0.6 is 0 Å². The first-order valence-corrected chi connectivity index (χ1v) is 7.26. The number of aliphatic hydroxyl groups excluding tert-OH is 1. The maximum Gasteiger partial charge on any atom is 0.125 e. The van der Waals surface area contributed by atoms with Crippen molar-refractivity contribution >= 4 is 0 Å². The third kappa shape index (κ3) is 4.78. The summed E-state index contributed by atoms with van der Waals surface area (Å²) in [5, 5.41) is 10.5. The molecule has 0 bridgehead atoms. The first-order chi connectivity index (χ1) is 9.63. The van der Waals surface area contributed by atoms with Gasteiger partial charge in [-0.05, 0) is 26.5 Å². The Kier molecular flexibility index (Phi) is 7.59. The summed E-state index contributed by atoms with van der Waals surface area (Å²) in [6.07, 6.45) is -0.558. The van der Waals surface area contributed by atoms with E-state index in [9.17, 15) is 5.11 Å². The van der Waals surface area contributed by atoms with E-state index in [1.165, 1.54) is 0 Å². The summed E-state index contributed by atoms with van der Waals surface area (Å²) in [4.78, 5) is 2.21. The smallest absolute Gasteiger partial charge is 0.125 e. The standard InChI is InChI=1S/C16H27NO3/c1-5-17(13(3)12-19-4)11-15(18)14-9-7-8-10-16(14)20-6-2/h7-10,13,15,18H,5-6,11-12H2,1-4H3. The van der Waals surface area contributed by atoms with E-state index in [1.807, 2.05) is 31.2 Å². The Morgan fingerprint density at radius 3 is 2.55 bits per heavy atom. The molecule has 0 heterocycles. The van der Waals surface area contributed by atoms with E-state index >= 15 is 0 Å². The molecule has 1 rings (SSSR count). The molecule has 1 aromatic rings. The molecule has 0 saturated heterocycles. The molecule has 1 N–H and O–H groups in total. The lowest BCUT2D eigenvalue weighted by molar-refractivity contribution is 0.0570. The first kappa shape index (κ1) is 17.0. The molecule has 0 spiro atoms. The van der Waals surface area contributed by atoms with Crippen molar-refractivity contribution in [2.24, 2.45) is 0 Å². The van der Waals surface area contributed by atoms with Gasteiger partial charge in [-0.15, -0.1) is 0 Å². The molecule has 114 valence electrons. The van der Waals surface area contributed by atoms with E-state index in [4.69, 9.17) is 9.47 Å². The number of rotatable bonds is 9.